The van der Waals surface area contributed by atoms with Gasteiger partial charge in [0.1, 0.15) is 5.75 Å². The molecule has 1 N–H and O–H groups in total. The van der Waals surface area contributed by atoms with E-state index >= 15 is 0 Å². The first-order valence-electron chi connectivity index (χ1n) is 7.96. The molecule has 0 saturated carbocycles. The second-order valence-electron chi connectivity index (χ2n) is 6.14. The number of likely N-dealkylation sites (N-methyl/N-ethyl adjacent to an activating group) is 1. The smallest absolute Gasteiger partial charge is 0.317 e. The molecule has 1 atom stereocenters. The molecule has 0 aromatic heterocycles. The molecule has 5 nitrogen and oxygen atoms in total. The van der Waals surface area contributed by atoms with Crippen LogP contribution in [0.3, 0.4) is 0 Å². The van der Waals surface area contributed by atoms with Gasteiger partial charge in [0.25, 0.3) is 0 Å². The first-order valence-corrected chi connectivity index (χ1v) is 8.75. The number of methoxy groups -OCH3 is 1. The van der Waals surface area contributed by atoms with Crippen LogP contribution in [-0.4, -0.2) is 60.7 Å². The van der Waals surface area contributed by atoms with Crippen LogP contribution in [-0.2, 0) is 11.3 Å². The molecule has 1 heterocycles. The Balaban J connectivity index is 1.90. The van der Waals surface area contributed by atoms with E-state index in [9.17, 15) is 4.79 Å². The lowest BCUT2D eigenvalue weighted by Crippen LogP contribution is -2.36. The van der Waals surface area contributed by atoms with Crippen molar-refractivity contribution in [2.24, 2.45) is 0 Å². The van der Waals surface area contributed by atoms with Crippen LogP contribution in [0.5, 0.6) is 5.75 Å². The van der Waals surface area contributed by atoms with Crippen molar-refractivity contribution in [3.8, 4) is 5.75 Å². The molecule has 1 fully saturated rings. The number of likely N-dealkylation sites (tertiary alicyclic amines) is 1. The third kappa shape index (κ3) is 5.48. The topological polar surface area (TPSA) is 53.0 Å². The summed E-state index contributed by atoms with van der Waals surface area (Å²) in [5, 5.41) is 8.93. The number of halogens is 1. The summed E-state index contributed by atoms with van der Waals surface area (Å²) in [6.07, 6.45) is 3.18. The summed E-state index contributed by atoms with van der Waals surface area (Å²) >= 11 is 3.53. The fraction of sp³-hybridized carbons (Fsp3) is 0.588. The van der Waals surface area contributed by atoms with Gasteiger partial charge in [-0.1, -0.05) is 6.07 Å². The second-order valence-corrected chi connectivity index (χ2v) is 6.99. The van der Waals surface area contributed by atoms with E-state index in [1.807, 2.05) is 18.0 Å². The van der Waals surface area contributed by atoms with Gasteiger partial charge in [-0.05, 0) is 73.0 Å². The van der Waals surface area contributed by atoms with E-state index in [1.54, 1.807) is 7.11 Å². The van der Waals surface area contributed by atoms with Crippen molar-refractivity contribution in [1.82, 2.24) is 9.80 Å². The zero-order valence-corrected chi connectivity index (χ0v) is 15.4. The summed E-state index contributed by atoms with van der Waals surface area (Å²) in [5.41, 5.74) is 1.26. The Morgan fingerprint density at radius 2 is 2.22 bits per heavy atom. The van der Waals surface area contributed by atoms with Gasteiger partial charge in [0.05, 0.1) is 18.1 Å². The van der Waals surface area contributed by atoms with Crippen molar-refractivity contribution in [1.29, 1.82) is 0 Å². The number of benzene rings is 1. The average Bonchev–Trinajstić information content (AvgIpc) is 2.72. The predicted octanol–water partition coefficient (Wildman–Crippen LogP) is 2.83. The van der Waals surface area contributed by atoms with Crippen LogP contribution in [0.2, 0.25) is 0 Å². The van der Waals surface area contributed by atoms with Crippen molar-refractivity contribution < 1.29 is 14.6 Å². The molecule has 2 rings (SSSR count). The molecule has 1 aromatic carbocycles. The summed E-state index contributed by atoms with van der Waals surface area (Å²) in [4.78, 5) is 15.3. The number of ether oxygens (including phenoxy) is 1. The minimum absolute atomic E-state index is 0.121. The summed E-state index contributed by atoms with van der Waals surface area (Å²) in [7, 11) is 3.58. The van der Waals surface area contributed by atoms with Crippen LogP contribution in [0, 0.1) is 0 Å². The lowest BCUT2D eigenvalue weighted by molar-refractivity contribution is -0.138. The summed E-state index contributed by atoms with van der Waals surface area (Å²) < 4.78 is 6.25. The highest BCUT2D eigenvalue weighted by molar-refractivity contribution is 9.10. The maximum Gasteiger partial charge on any atom is 0.317 e. The third-order valence-corrected chi connectivity index (χ3v) is 5.04. The van der Waals surface area contributed by atoms with E-state index < -0.39 is 5.97 Å². The predicted molar refractivity (Wildman–Crippen MR) is 93.9 cm³/mol. The van der Waals surface area contributed by atoms with Crippen molar-refractivity contribution in [2.45, 2.75) is 31.8 Å². The monoisotopic (exact) mass is 384 g/mol. The van der Waals surface area contributed by atoms with E-state index in [4.69, 9.17) is 9.84 Å². The number of nitrogens with zero attached hydrogens (tertiary/aromatic N) is 2. The lowest BCUT2D eigenvalue weighted by Gasteiger charge is -2.25. The molecule has 6 heteroatoms. The number of carbonyl (C=O) groups is 1. The van der Waals surface area contributed by atoms with Crippen LogP contribution < -0.4 is 4.74 Å². The van der Waals surface area contributed by atoms with Crippen LogP contribution in [0.4, 0.5) is 0 Å². The second kappa shape index (κ2) is 8.66. The normalized spacial score (nSPS) is 19.6. The Bertz CT molecular complexity index is 539. The summed E-state index contributed by atoms with van der Waals surface area (Å²) in [5.74, 6) is 0.0941. The molecule has 128 valence electrons. The maximum absolute atomic E-state index is 10.9. The number of carboxylic acid groups (broad SMARTS) is 1. The summed E-state index contributed by atoms with van der Waals surface area (Å²) in [6.45, 7) is 3.09. The van der Waals surface area contributed by atoms with Gasteiger partial charge in [-0.15, -0.1) is 0 Å². The van der Waals surface area contributed by atoms with Crippen molar-refractivity contribution in [3.05, 3.63) is 28.2 Å². The Kier molecular flexibility index (Phi) is 6.87. The third-order valence-electron chi connectivity index (χ3n) is 4.42. The highest BCUT2D eigenvalue weighted by Gasteiger charge is 2.21. The molecule has 0 amide bonds. The molecule has 23 heavy (non-hydrogen) atoms. The minimum atomic E-state index is -0.753. The molecule has 0 bridgehead atoms. The van der Waals surface area contributed by atoms with Crippen LogP contribution in [0.15, 0.2) is 22.7 Å². The van der Waals surface area contributed by atoms with Gasteiger partial charge in [-0.3, -0.25) is 14.6 Å². The number of hydrogen-bond donors (Lipinski definition) is 1. The van der Waals surface area contributed by atoms with Crippen molar-refractivity contribution in [2.75, 3.05) is 33.8 Å². The molecule has 1 saturated heterocycles. The SMILES string of the molecule is COc1ccc(CN2CCCC(N(C)CC(=O)O)CC2)cc1Br. The molecule has 0 aliphatic carbocycles. The molecule has 1 aliphatic heterocycles. The molecule has 1 aromatic rings. The molecule has 0 spiro atoms. The molecular formula is C17H25BrN2O3. The van der Waals surface area contributed by atoms with E-state index in [-0.39, 0.29) is 6.54 Å². The van der Waals surface area contributed by atoms with Crippen molar-refractivity contribution in [3.63, 3.8) is 0 Å². The van der Waals surface area contributed by atoms with Crippen LogP contribution >= 0.6 is 15.9 Å². The number of rotatable bonds is 6. The average molecular weight is 385 g/mol. The zero-order valence-electron chi connectivity index (χ0n) is 13.8. The lowest BCUT2D eigenvalue weighted by atomic mass is 10.1. The molecule has 1 aliphatic rings. The number of aliphatic carboxylic acids is 1. The molecule has 0 radical (unpaired) electrons. The number of hydrogen-bond acceptors (Lipinski definition) is 4. The molecule has 1 unspecified atom stereocenters. The standard InChI is InChI=1S/C17H25BrN2O3/c1-19(12-17(21)22)14-4-3-8-20(9-7-14)11-13-5-6-16(23-2)15(18)10-13/h5-6,10,14H,3-4,7-9,11-12H2,1-2H3,(H,21,22). The van der Waals surface area contributed by atoms with Gasteiger partial charge in [0.2, 0.25) is 0 Å². The Labute approximate surface area is 146 Å². The Morgan fingerprint density at radius 3 is 2.87 bits per heavy atom. The van der Waals surface area contributed by atoms with Gasteiger partial charge < -0.3 is 9.84 Å². The summed E-state index contributed by atoms with van der Waals surface area (Å²) in [6, 6.07) is 6.56. The van der Waals surface area contributed by atoms with Gasteiger partial charge in [0.15, 0.2) is 0 Å². The highest BCUT2D eigenvalue weighted by Crippen LogP contribution is 2.26. The van der Waals surface area contributed by atoms with Crippen LogP contribution in [0.25, 0.3) is 0 Å². The van der Waals surface area contributed by atoms with E-state index in [2.05, 4.69) is 33.0 Å². The fourth-order valence-corrected chi connectivity index (χ4v) is 3.73. The largest absolute Gasteiger partial charge is 0.496 e. The van der Waals surface area contributed by atoms with Gasteiger partial charge in [-0.25, -0.2) is 0 Å². The van der Waals surface area contributed by atoms with Gasteiger partial charge >= 0.3 is 5.97 Å². The maximum atomic E-state index is 10.9. The van der Waals surface area contributed by atoms with Crippen molar-refractivity contribution >= 4 is 21.9 Å². The first kappa shape index (κ1) is 18.2. The molecular weight excluding hydrogens is 360 g/mol. The van der Waals surface area contributed by atoms with E-state index in [0.717, 1.165) is 49.1 Å². The highest BCUT2D eigenvalue weighted by atomic mass is 79.9. The zero-order chi connectivity index (χ0) is 16.8. The first-order chi connectivity index (χ1) is 11.0. The minimum Gasteiger partial charge on any atom is -0.496 e. The van der Waals surface area contributed by atoms with E-state index in [0.29, 0.717) is 6.04 Å². The Morgan fingerprint density at radius 1 is 1.43 bits per heavy atom. The van der Waals surface area contributed by atoms with Gasteiger partial charge in [0, 0.05) is 12.6 Å². The fourth-order valence-electron chi connectivity index (χ4n) is 3.15. The van der Waals surface area contributed by atoms with Crippen LogP contribution in [0.1, 0.15) is 24.8 Å². The quantitative estimate of drug-likeness (QED) is 0.816. The number of carboxylic acids is 1. The van der Waals surface area contributed by atoms with E-state index in [1.165, 1.54) is 5.56 Å². The Hall–Kier alpha value is -1.11. The van der Waals surface area contributed by atoms with Gasteiger partial charge in [-0.2, -0.15) is 0 Å².